The van der Waals surface area contributed by atoms with Crippen LogP contribution in [0.1, 0.15) is 19.8 Å². The van der Waals surface area contributed by atoms with Crippen LogP contribution in [0.5, 0.6) is 0 Å². The zero-order valence-electron chi connectivity index (χ0n) is 7.97. The summed E-state index contributed by atoms with van der Waals surface area (Å²) in [4.78, 5) is 11.5. The molecule has 68 valence electrons. The minimum absolute atomic E-state index is 0.211. The first-order chi connectivity index (χ1) is 6.22. The summed E-state index contributed by atoms with van der Waals surface area (Å²) in [5.74, 6) is 0.211. The number of allylic oxidation sites excluding steroid dienone is 6. The summed E-state index contributed by atoms with van der Waals surface area (Å²) < 4.78 is 0. The Labute approximate surface area is 79.2 Å². The second-order valence-electron chi connectivity index (χ2n) is 3.01. The zero-order valence-corrected chi connectivity index (χ0v) is 7.97. The van der Waals surface area contributed by atoms with Crippen LogP contribution in [-0.2, 0) is 4.79 Å². The van der Waals surface area contributed by atoms with Crippen LogP contribution in [0.3, 0.4) is 0 Å². The molecule has 0 unspecified atom stereocenters. The van der Waals surface area contributed by atoms with Crippen LogP contribution in [0, 0.1) is 0 Å². The third kappa shape index (κ3) is 1.86. The summed E-state index contributed by atoms with van der Waals surface area (Å²) >= 11 is 0. The maximum atomic E-state index is 11.5. The Balaban J connectivity index is 3.12. The van der Waals surface area contributed by atoms with Crippen molar-refractivity contribution in [3.8, 4) is 0 Å². The van der Waals surface area contributed by atoms with Gasteiger partial charge in [0, 0.05) is 6.42 Å². The van der Waals surface area contributed by atoms with Crippen molar-refractivity contribution in [2.24, 2.45) is 0 Å². The fraction of sp³-hybridized carbons (Fsp3) is 0.250. The normalized spacial score (nSPS) is 17.0. The van der Waals surface area contributed by atoms with Gasteiger partial charge in [-0.3, -0.25) is 4.79 Å². The van der Waals surface area contributed by atoms with Crippen molar-refractivity contribution in [3.63, 3.8) is 0 Å². The largest absolute Gasteiger partial charge is 0.294 e. The van der Waals surface area contributed by atoms with E-state index >= 15 is 0 Å². The van der Waals surface area contributed by atoms with Crippen LogP contribution >= 0.6 is 0 Å². The van der Waals surface area contributed by atoms with Crippen LogP contribution in [0.4, 0.5) is 0 Å². The second-order valence-corrected chi connectivity index (χ2v) is 3.01. The average Bonchev–Trinajstić information content (AvgIpc) is 2.17. The van der Waals surface area contributed by atoms with Crippen molar-refractivity contribution in [1.82, 2.24) is 0 Å². The van der Waals surface area contributed by atoms with Gasteiger partial charge in [0.2, 0.25) is 0 Å². The Bertz CT molecular complexity index is 316. The summed E-state index contributed by atoms with van der Waals surface area (Å²) in [5.41, 5.74) is 2.91. The van der Waals surface area contributed by atoms with Gasteiger partial charge in [0.15, 0.2) is 5.78 Å². The molecule has 0 aromatic heterocycles. The molecule has 0 radical (unpaired) electrons. The van der Waals surface area contributed by atoms with E-state index in [0.29, 0.717) is 6.42 Å². The highest BCUT2D eigenvalue weighted by Gasteiger charge is 2.15. The molecule has 1 rings (SSSR count). The molecule has 0 aliphatic heterocycles. The van der Waals surface area contributed by atoms with Gasteiger partial charge in [0.05, 0.1) is 0 Å². The van der Waals surface area contributed by atoms with Gasteiger partial charge >= 0.3 is 0 Å². The Kier molecular flexibility index (Phi) is 3.02. The highest BCUT2D eigenvalue weighted by atomic mass is 16.1. The number of ketones is 1. The molecule has 0 aromatic carbocycles. The predicted molar refractivity (Wildman–Crippen MR) is 55.4 cm³/mol. The van der Waals surface area contributed by atoms with Gasteiger partial charge in [-0.25, -0.2) is 0 Å². The lowest BCUT2D eigenvalue weighted by atomic mass is 9.90. The van der Waals surface area contributed by atoms with Gasteiger partial charge in [0.1, 0.15) is 0 Å². The summed E-state index contributed by atoms with van der Waals surface area (Å²) in [6.07, 6.45) is 6.69. The van der Waals surface area contributed by atoms with E-state index in [4.69, 9.17) is 0 Å². The minimum Gasteiger partial charge on any atom is -0.294 e. The fourth-order valence-electron chi connectivity index (χ4n) is 1.43. The highest BCUT2D eigenvalue weighted by Crippen LogP contribution is 2.24. The van der Waals surface area contributed by atoms with Gasteiger partial charge < -0.3 is 0 Å². The molecular weight excluding hydrogens is 160 g/mol. The lowest BCUT2D eigenvalue weighted by Crippen LogP contribution is -2.08. The van der Waals surface area contributed by atoms with Gasteiger partial charge in [0.25, 0.3) is 0 Å². The van der Waals surface area contributed by atoms with Crippen LogP contribution in [0.2, 0.25) is 0 Å². The van der Waals surface area contributed by atoms with E-state index < -0.39 is 0 Å². The molecule has 1 aliphatic carbocycles. The van der Waals surface area contributed by atoms with Gasteiger partial charge in [-0.1, -0.05) is 32.2 Å². The number of carbonyl (C=O) groups is 1. The van der Waals surface area contributed by atoms with Gasteiger partial charge in [-0.05, 0) is 29.2 Å². The third-order valence-corrected chi connectivity index (χ3v) is 2.26. The Morgan fingerprint density at radius 1 is 1.46 bits per heavy atom. The van der Waals surface area contributed by atoms with Crippen molar-refractivity contribution in [2.75, 3.05) is 0 Å². The van der Waals surface area contributed by atoms with Gasteiger partial charge in [-0.15, -0.1) is 0 Å². The van der Waals surface area contributed by atoms with Crippen molar-refractivity contribution in [3.05, 3.63) is 48.1 Å². The Morgan fingerprint density at radius 3 is 2.62 bits per heavy atom. The molecule has 0 bridgehead atoms. The summed E-state index contributed by atoms with van der Waals surface area (Å²) in [7, 11) is 0. The molecule has 1 heteroatoms. The number of hydrogen-bond acceptors (Lipinski definition) is 1. The molecule has 0 amide bonds. The number of hydrogen-bond donors (Lipinski definition) is 0. The maximum absolute atomic E-state index is 11.5. The van der Waals surface area contributed by atoms with E-state index in [-0.39, 0.29) is 5.78 Å². The molecule has 1 nitrogen and oxygen atoms in total. The maximum Gasteiger partial charge on any atom is 0.163 e. The predicted octanol–water partition coefficient (Wildman–Crippen LogP) is 2.96. The molecule has 0 aromatic rings. The van der Waals surface area contributed by atoms with Crippen molar-refractivity contribution in [1.29, 1.82) is 0 Å². The molecule has 1 aliphatic rings. The van der Waals surface area contributed by atoms with Crippen LogP contribution in [0.15, 0.2) is 48.1 Å². The summed E-state index contributed by atoms with van der Waals surface area (Å²) in [6, 6.07) is 0. The number of carbonyl (C=O) groups excluding carboxylic acids is 1. The molecule has 13 heavy (non-hydrogen) atoms. The SMILES string of the molecule is C=CC1=C(C=C)CC(=O)C(CC)=C1. The smallest absolute Gasteiger partial charge is 0.163 e. The van der Waals surface area contributed by atoms with Crippen molar-refractivity contribution >= 4 is 5.78 Å². The van der Waals surface area contributed by atoms with E-state index in [2.05, 4.69) is 13.2 Å². The first-order valence-electron chi connectivity index (χ1n) is 4.44. The van der Waals surface area contributed by atoms with E-state index in [1.807, 2.05) is 13.0 Å². The molecule has 0 fully saturated rings. The molecule has 0 spiro atoms. The second kappa shape index (κ2) is 4.04. The first kappa shape index (κ1) is 9.72. The summed E-state index contributed by atoms with van der Waals surface area (Å²) in [5, 5.41) is 0. The number of Topliss-reactive ketones (excluding diaryl/α,β-unsaturated/α-hetero) is 1. The molecule has 0 saturated heterocycles. The van der Waals surface area contributed by atoms with Crippen molar-refractivity contribution < 1.29 is 4.79 Å². The Hall–Kier alpha value is -1.37. The monoisotopic (exact) mass is 174 g/mol. The highest BCUT2D eigenvalue weighted by molar-refractivity contribution is 5.99. The minimum atomic E-state index is 0.211. The molecule has 0 saturated carbocycles. The first-order valence-corrected chi connectivity index (χ1v) is 4.44. The standard InChI is InChI=1S/C12H14O/c1-4-9-7-11(6-3)12(13)8-10(9)5-2/h4-5,7H,1-2,6,8H2,3H3. The lowest BCUT2D eigenvalue weighted by Gasteiger charge is -2.13. The molecule has 0 N–H and O–H groups in total. The lowest BCUT2D eigenvalue weighted by molar-refractivity contribution is -0.115. The van der Waals surface area contributed by atoms with Crippen LogP contribution < -0.4 is 0 Å². The molecular formula is C12H14O. The van der Waals surface area contributed by atoms with Gasteiger partial charge in [-0.2, -0.15) is 0 Å². The Morgan fingerprint density at radius 2 is 2.15 bits per heavy atom. The third-order valence-electron chi connectivity index (χ3n) is 2.26. The van der Waals surface area contributed by atoms with E-state index in [1.54, 1.807) is 12.2 Å². The van der Waals surface area contributed by atoms with E-state index in [9.17, 15) is 4.79 Å². The summed E-state index contributed by atoms with van der Waals surface area (Å²) in [6.45, 7) is 9.38. The molecule has 0 heterocycles. The van der Waals surface area contributed by atoms with E-state index in [0.717, 1.165) is 23.1 Å². The van der Waals surface area contributed by atoms with Crippen LogP contribution in [-0.4, -0.2) is 5.78 Å². The zero-order chi connectivity index (χ0) is 9.84. The van der Waals surface area contributed by atoms with Crippen LogP contribution in [0.25, 0.3) is 0 Å². The quantitative estimate of drug-likeness (QED) is 0.643. The fourth-order valence-corrected chi connectivity index (χ4v) is 1.43. The average molecular weight is 174 g/mol. The molecule has 0 atom stereocenters. The number of rotatable bonds is 3. The van der Waals surface area contributed by atoms with E-state index in [1.165, 1.54) is 0 Å². The topological polar surface area (TPSA) is 17.1 Å². The van der Waals surface area contributed by atoms with Crippen molar-refractivity contribution in [2.45, 2.75) is 19.8 Å².